The Labute approximate surface area is 114 Å². The largest absolute Gasteiger partial charge is 0.399 e. The first kappa shape index (κ1) is 12.3. The molecule has 1 aromatic heterocycles. The van der Waals surface area contributed by atoms with Crippen LogP contribution < -0.4 is 5.73 Å². The summed E-state index contributed by atoms with van der Waals surface area (Å²) >= 11 is 2.21. The van der Waals surface area contributed by atoms with E-state index in [-0.39, 0.29) is 5.41 Å². The van der Waals surface area contributed by atoms with E-state index in [1.807, 2.05) is 39.0 Å². The molecule has 2 rings (SSSR count). The predicted octanol–water partition coefficient (Wildman–Crippen LogP) is 3.22. The number of benzene rings is 1. The normalized spacial score (nSPS) is 11.8. The first-order chi connectivity index (χ1) is 7.86. The third-order valence-electron chi connectivity index (χ3n) is 2.26. The summed E-state index contributed by atoms with van der Waals surface area (Å²) in [5.41, 5.74) is 7.23. The number of aromatic nitrogens is 2. The number of nitrogens with two attached hydrogens (primary N) is 1. The molecule has 0 saturated heterocycles. The van der Waals surface area contributed by atoms with Gasteiger partial charge < -0.3 is 10.3 Å². The first-order valence-electron chi connectivity index (χ1n) is 5.27. The standard InChI is InChI=1S/C12H14IN3O/c1-12(2,3)11-15-10(17-16-11)7-4-8(13)6-9(14)5-7/h4-6H,14H2,1-3H3. The highest BCUT2D eigenvalue weighted by Crippen LogP contribution is 2.26. The fourth-order valence-electron chi connectivity index (χ4n) is 1.38. The van der Waals surface area contributed by atoms with Gasteiger partial charge in [0.1, 0.15) is 0 Å². The summed E-state index contributed by atoms with van der Waals surface area (Å²) in [4.78, 5) is 4.40. The second kappa shape index (κ2) is 4.29. The van der Waals surface area contributed by atoms with Crippen LogP contribution in [0, 0.1) is 3.57 Å². The van der Waals surface area contributed by atoms with Crippen LogP contribution in [0.5, 0.6) is 0 Å². The van der Waals surface area contributed by atoms with Crippen LogP contribution in [0.4, 0.5) is 5.69 Å². The van der Waals surface area contributed by atoms with E-state index in [9.17, 15) is 0 Å². The summed E-state index contributed by atoms with van der Waals surface area (Å²) in [7, 11) is 0. The third-order valence-corrected chi connectivity index (χ3v) is 2.89. The maximum atomic E-state index is 5.79. The van der Waals surface area contributed by atoms with Crippen LogP contribution in [-0.2, 0) is 5.41 Å². The Kier molecular flexibility index (Phi) is 3.11. The first-order valence-corrected chi connectivity index (χ1v) is 6.35. The highest BCUT2D eigenvalue weighted by molar-refractivity contribution is 14.1. The van der Waals surface area contributed by atoms with Gasteiger partial charge in [-0.05, 0) is 40.8 Å². The van der Waals surface area contributed by atoms with Gasteiger partial charge in [-0.25, -0.2) is 0 Å². The second-order valence-electron chi connectivity index (χ2n) is 4.95. The lowest BCUT2D eigenvalue weighted by molar-refractivity contribution is 0.402. The molecule has 2 N–H and O–H groups in total. The molecule has 0 radical (unpaired) electrons. The van der Waals surface area contributed by atoms with Gasteiger partial charge in [-0.2, -0.15) is 4.98 Å². The average Bonchev–Trinajstić information content (AvgIpc) is 2.63. The summed E-state index contributed by atoms with van der Waals surface area (Å²) in [6, 6.07) is 5.70. The smallest absolute Gasteiger partial charge is 0.258 e. The van der Waals surface area contributed by atoms with E-state index >= 15 is 0 Å². The van der Waals surface area contributed by atoms with Crippen LogP contribution >= 0.6 is 22.6 Å². The van der Waals surface area contributed by atoms with Crippen LogP contribution in [0.15, 0.2) is 22.7 Å². The van der Waals surface area contributed by atoms with Crippen LogP contribution in [-0.4, -0.2) is 10.1 Å². The van der Waals surface area contributed by atoms with E-state index in [0.29, 0.717) is 17.4 Å². The van der Waals surface area contributed by atoms with E-state index in [4.69, 9.17) is 10.3 Å². The van der Waals surface area contributed by atoms with E-state index < -0.39 is 0 Å². The summed E-state index contributed by atoms with van der Waals surface area (Å²) in [5.74, 6) is 1.21. The highest BCUT2D eigenvalue weighted by atomic mass is 127. The summed E-state index contributed by atoms with van der Waals surface area (Å²) < 4.78 is 6.32. The predicted molar refractivity (Wildman–Crippen MR) is 75.6 cm³/mol. The van der Waals surface area contributed by atoms with E-state index in [2.05, 4.69) is 32.7 Å². The lowest BCUT2D eigenvalue weighted by Crippen LogP contribution is -2.13. The quantitative estimate of drug-likeness (QED) is 0.638. The van der Waals surface area contributed by atoms with Crippen molar-refractivity contribution in [2.75, 3.05) is 5.73 Å². The Morgan fingerprint density at radius 1 is 1.24 bits per heavy atom. The minimum atomic E-state index is -0.116. The number of halogens is 1. The Balaban J connectivity index is 2.44. The molecule has 0 saturated carbocycles. The van der Waals surface area contributed by atoms with Gasteiger partial charge in [-0.1, -0.05) is 25.9 Å². The van der Waals surface area contributed by atoms with Gasteiger partial charge in [-0.3, -0.25) is 0 Å². The van der Waals surface area contributed by atoms with Crippen molar-refractivity contribution in [3.05, 3.63) is 27.6 Å². The number of hydrogen-bond donors (Lipinski definition) is 1. The molecule has 0 aliphatic rings. The molecule has 0 amide bonds. The zero-order valence-electron chi connectivity index (χ0n) is 9.99. The highest BCUT2D eigenvalue weighted by Gasteiger charge is 2.21. The molecule has 1 heterocycles. The molecule has 0 spiro atoms. The number of hydrogen-bond acceptors (Lipinski definition) is 4. The molecule has 0 fully saturated rings. The lowest BCUT2D eigenvalue weighted by Gasteiger charge is -2.10. The van der Waals surface area contributed by atoms with Crippen molar-refractivity contribution in [1.82, 2.24) is 10.1 Å². The van der Waals surface area contributed by atoms with Crippen LogP contribution in [0.1, 0.15) is 26.6 Å². The molecule has 2 aromatic rings. The number of nitrogen functional groups attached to an aromatic ring is 1. The van der Waals surface area contributed by atoms with E-state index in [0.717, 1.165) is 9.13 Å². The fraction of sp³-hybridized carbons (Fsp3) is 0.333. The van der Waals surface area contributed by atoms with Gasteiger partial charge in [0.2, 0.25) is 0 Å². The average molecular weight is 343 g/mol. The van der Waals surface area contributed by atoms with Crippen LogP contribution in [0.25, 0.3) is 11.5 Å². The molecular weight excluding hydrogens is 329 g/mol. The Bertz CT molecular complexity index is 523. The molecule has 0 atom stereocenters. The van der Waals surface area contributed by atoms with Gasteiger partial charge >= 0.3 is 0 Å². The van der Waals surface area contributed by atoms with Crippen molar-refractivity contribution >= 4 is 28.3 Å². The monoisotopic (exact) mass is 343 g/mol. The Morgan fingerprint density at radius 2 is 1.94 bits per heavy atom. The van der Waals surface area contributed by atoms with Gasteiger partial charge in [0.15, 0.2) is 5.82 Å². The van der Waals surface area contributed by atoms with Crippen molar-refractivity contribution in [2.24, 2.45) is 0 Å². The molecule has 1 aromatic carbocycles. The second-order valence-corrected chi connectivity index (χ2v) is 6.19. The molecule has 5 heteroatoms. The Hall–Kier alpha value is -1.11. The minimum Gasteiger partial charge on any atom is -0.399 e. The Morgan fingerprint density at radius 3 is 2.47 bits per heavy atom. The van der Waals surface area contributed by atoms with Crippen molar-refractivity contribution < 1.29 is 4.52 Å². The molecule has 0 unspecified atom stereocenters. The van der Waals surface area contributed by atoms with Crippen molar-refractivity contribution in [3.63, 3.8) is 0 Å². The zero-order chi connectivity index (χ0) is 12.6. The molecule has 0 aliphatic heterocycles. The molecule has 4 nitrogen and oxygen atoms in total. The number of anilines is 1. The maximum Gasteiger partial charge on any atom is 0.258 e. The van der Waals surface area contributed by atoms with Gasteiger partial charge in [0.25, 0.3) is 5.89 Å². The third kappa shape index (κ3) is 2.77. The lowest BCUT2D eigenvalue weighted by atomic mass is 9.96. The molecule has 90 valence electrons. The van der Waals surface area contributed by atoms with Crippen LogP contribution in [0.2, 0.25) is 0 Å². The van der Waals surface area contributed by atoms with Gasteiger partial charge in [-0.15, -0.1) is 0 Å². The minimum absolute atomic E-state index is 0.116. The van der Waals surface area contributed by atoms with E-state index in [1.54, 1.807) is 0 Å². The summed E-state index contributed by atoms with van der Waals surface area (Å²) in [6.07, 6.45) is 0. The van der Waals surface area contributed by atoms with Crippen molar-refractivity contribution in [1.29, 1.82) is 0 Å². The van der Waals surface area contributed by atoms with Gasteiger partial charge in [0.05, 0.1) is 0 Å². The van der Waals surface area contributed by atoms with Crippen LogP contribution in [0.3, 0.4) is 0 Å². The molecular formula is C12H14IN3O. The summed E-state index contributed by atoms with van der Waals surface area (Å²) in [5, 5.41) is 3.99. The topological polar surface area (TPSA) is 64.9 Å². The molecule has 0 aliphatic carbocycles. The zero-order valence-corrected chi connectivity index (χ0v) is 12.1. The van der Waals surface area contributed by atoms with Gasteiger partial charge in [0, 0.05) is 20.2 Å². The molecule has 0 bridgehead atoms. The number of nitrogens with zero attached hydrogens (tertiary/aromatic N) is 2. The maximum absolute atomic E-state index is 5.79. The molecule has 17 heavy (non-hydrogen) atoms. The SMILES string of the molecule is CC(C)(C)c1noc(-c2cc(N)cc(I)c2)n1. The summed E-state index contributed by atoms with van der Waals surface area (Å²) in [6.45, 7) is 6.14. The van der Waals surface area contributed by atoms with E-state index in [1.165, 1.54) is 0 Å². The number of rotatable bonds is 1. The van der Waals surface area contributed by atoms with Crippen molar-refractivity contribution in [3.8, 4) is 11.5 Å². The van der Waals surface area contributed by atoms with Crippen molar-refractivity contribution in [2.45, 2.75) is 26.2 Å². The fourth-order valence-corrected chi connectivity index (χ4v) is 2.08.